The number of nitrogens with one attached hydrogen (secondary N) is 5. The van der Waals surface area contributed by atoms with Crippen LogP contribution in [0.2, 0.25) is 0 Å². The lowest BCUT2D eigenvalue weighted by atomic mass is 10.0. The summed E-state index contributed by atoms with van der Waals surface area (Å²) in [5.41, 5.74) is 7.63. The van der Waals surface area contributed by atoms with E-state index in [9.17, 15) is 29.1 Å². The number of para-hydroxylation sites is 1. The molecule has 0 spiro atoms. The van der Waals surface area contributed by atoms with Gasteiger partial charge >= 0.3 is 5.97 Å². The number of aromatic amines is 1. The van der Waals surface area contributed by atoms with Crippen molar-refractivity contribution in [1.82, 2.24) is 26.3 Å². The van der Waals surface area contributed by atoms with Gasteiger partial charge in [0.15, 0.2) is 0 Å². The maximum absolute atomic E-state index is 13.4. The Labute approximate surface area is 236 Å². The van der Waals surface area contributed by atoms with Gasteiger partial charge in [-0.15, -0.1) is 0 Å². The summed E-state index contributed by atoms with van der Waals surface area (Å²) in [5.74, 6) is -4.09. The van der Waals surface area contributed by atoms with E-state index >= 15 is 0 Å². The Kier molecular flexibility index (Phi) is 9.69. The number of carboxylic acids is 1. The molecule has 1 aromatic heterocycles. The zero-order valence-electron chi connectivity index (χ0n) is 22.4. The van der Waals surface area contributed by atoms with E-state index in [2.05, 4.69) is 26.3 Å². The van der Waals surface area contributed by atoms with Gasteiger partial charge in [-0.2, -0.15) is 0 Å². The van der Waals surface area contributed by atoms with Crippen molar-refractivity contribution in [2.75, 3.05) is 6.54 Å². The number of rotatable bonds is 13. The largest absolute Gasteiger partial charge is 0.480 e. The van der Waals surface area contributed by atoms with Crippen molar-refractivity contribution in [3.8, 4) is 0 Å². The summed E-state index contributed by atoms with van der Waals surface area (Å²) in [4.78, 5) is 66.4. The van der Waals surface area contributed by atoms with Gasteiger partial charge in [0.2, 0.25) is 23.6 Å². The molecule has 1 aliphatic heterocycles. The quantitative estimate of drug-likeness (QED) is 0.154. The van der Waals surface area contributed by atoms with Gasteiger partial charge in [-0.05, 0) is 36.6 Å². The highest BCUT2D eigenvalue weighted by atomic mass is 16.4. The van der Waals surface area contributed by atoms with Crippen LogP contribution >= 0.6 is 0 Å². The summed E-state index contributed by atoms with van der Waals surface area (Å²) in [6.07, 6.45) is 2.67. The maximum Gasteiger partial charge on any atom is 0.326 e. The predicted molar refractivity (Wildman–Crippen MR) is 150 cm³/mol. The molecule has 0 aliphatic carbocycles. The fraction of sp³-hybridized carbons (Fsp3) is 0.345. The van der Waals surface area contributed by atoms with Gasteiger partial charge in [-0.1, -0.05) is 48.5 Å². The molecule has 0 bridgehead atoms. The molecule has 12 heteroatoms. The highest BCUT2D eigenvalue weighted by Crippen LogP contribution is 2.19. The Bertz CT molecular complexity index is 1400. The molecule has 41 heavy (non-hydrogen) atoms. The fourth-order valence-electron chi connectivity index (χ4n) is 4.92. The Hall–Kier alpha value is -4.71. The minimum atomic E-state index is -1.45. The number of hydrogen-bond donors (Lipinski definition) is 7. The third kappa shape index (κ3) is 7.92. The van der Waals surface area contributed by atoms with E-state index in [4.69, 9.17) is 5.73 Å². The maximum atomic E-state index is 13.4. The molecule has 4 amide bonds. The number of carboxylic acid groups (broad SMARTS) is 1. The second-order valence-corrected chi connectivity index (χ2v) is 10.1. The predicted octanol–water partition coefficient (Wildman–Crippen LogP) is 0.120. The number of aromatic nitrogens is 1. The van der Waals surface area contributed by atoms with Crippen molar-refractivity contribution in [3.63, 3.8) is 0 Å². The lowest BCUT2D eigenvalue weighted by Gasteiger charge is -2.25. The van der Waals surface area contributed by atoms with Crippen LogP contribution in [0.1, 0.15) is 30.4 Å². The van der Waals surface area contributed by atoms with Gasteiger partial charge in [-0.3, -0.25) is 19.2 Å². The monoisotopic (exact) mass is 562 g/mol. The van der Waals surface area contributed by atoms with Gasteiger partial charge < -0.3 is 37.1 Å². The standard InChI is InChI=1S/C29H34N6O6/c30-25(36)15-23(28(39)35-24(29(40)41)14-18-16-32-20-10-5-4-9-19(18)20)34-27(38)22(13-17-7-2-1-3-8-17)33-26(37)21-11-6-12-31-21/h1-5,7-10,16,21-24,31-32H,6,11-15H2,(H2,30,36)(H,33,37)(H,34,38)(H,35,39)(H,40,41). The van der Waals surface area contributed by atoms with Gasteiger partial charge in [-0.25, -0.2) is 4.79 Å². The van der Waals surface area contributed by atoms with Crippen LogP contribution in [0.4, 0.5) is 0 Å². The molecule has 1 saturated heterocycles. The Morgan fingerprint density at radius 1 is 0.878 bits per heavy atom. The molecular weight excluding hydrogens is 528 g/mol. The first-order valence-corrected chi connectivity index (χ1v) is 13.5. The number of nitrogens with two attached hydrogens (primary N) is 1. The van der Waals surface area contributed by atoms with Crippen LogP contribution in [0.15, 0.2) is 60.8 Å². The zero-order valence-corrected chi connectivity index (χ0v) is 22.4. The van der Waals surface area contributed by atoms with E-state index < -0.39 is 54.3 Å². The molecule has 1 aliphatic rings. The van der Waals surface area contributed by atoms with Crippen LogP contribution in [0.3, 0.4) is 0 Å². The van der Waals surface area contributed by atoms with Crippen molar-refractivity contribution in [2.45, 2.75) is 56.3 Å². The molecule has 8 N–H and O–H groups in total. The van der Waals surface area contributed by atoms with Crippen molar-refractivity contribution in [1.29, 1.82) is 0 Å². The Balaban J connectivity index is 1.49. The number of carbonyl (C=O) groups excluding carboxylic acids is 4. The molecule has 2 heterocycles. The van der Waals surface area contributed by atoms with E-state index in [0.717, 1.165) is 22.9 Å². The van der Waals surface area contributed by atoms with E-state index in [0.29, 0.717) is 18.5 Å². The van der Waals surface area contributed by atoms with E-state index in [1.807, 2.05) is 30.3 Å². The molecule has 2 aromatic carbocycles. The molecule has 0 saturated carbocycles. The zero-order chi connectivity index (χ0) is 29.4. The molecule has 4 unspecified atom stereocenters. The van der Waals surface area contributed by atoms with Crippen molar-refractivity contribution in [2.24, 2.45) is 5.73 Å². The molecule has 216 valence electrons. The Morgan fingerprint density at radius 2 is 1.56 bits per heavy atom. The van der Waals surface area contributed by atoms with Crippen molar-refractivity contribution >= 4 is 40.5 Å². The average molecular weight is 563 g/mol. The van der Waals surface area contributed by atoms with E-state index in [-0.39, 0.29) is 18.7 Å². The molecule has 4 atom stereocenters. The second kappa shape index (κ2) is 13.6. The first-order valence-electron chi connectivity index (χ1n) is 13.5. The first kappa shape index (κ1) is 29.3. The normalized spacial score (nSPS) is 16.8. The number of benzene rings is 2. The molecule has 1 fully saturated rings. The number of fused-ring (bicyclic) bond motifs is 1. The van der Waals surface area contributed by atoms with Crippen molar-refractivity contribution < 1.29 is 29.1 Å². The van der Waals surface area contributed by atoms with Crippen LogP contribution in [0, 0.1) is 0 Å². The van der Waals surface area contributed by atoms with Crippen LogP contribution in [-0.2, 0) is 36.8 Å². The van der Waals surface area contributed by atoms with Crippen LogP contribution in [0.25, 0.3) is 10.9 Å². The minimum absolute atomic E-state index is 0.0383. The fourth-order valence-corrected chi connectivity index (χ4v) is 4.92. The molecule has 4 rings (SSSR count). The summed E-state index contributed by atoms with van der Waals surface area (Å²) in [5, 5.41) is 21.4. The van der Waals surface area contributed by atoms with Crippen LogP contribution in [0.5, 0.6) is 0 Å². The van der Waals surface area contributed by atoms with E-state index in [1.165, 1.54) is 0 Å². The summed E-state index contributed by atoms with van der Waals surface area (Å²) in [6.45, 7) is 0.692. The summed E-state index contributed by atoms with van der Waals surface area (Å²) in [6, 6.07) is 12.1. The van der Waals surface area contributed by atoms with Crippen molar-refractivity contribution in [3.05, 3.63) is 71.9 Å². The third-order valence-electron chi connectivity index (χ3n) is 7.04. The number of carbonyl (C=O) groups is 5. The second-order valence-electron chi connectivity index (χ2n) is 10.1. The van der Waals surface area contributed by atoms with Crippen LogP contribution in [-0.4, -0.2) is 70.4 Å². The number of amides is 4. The number of aliphatic carboxylic acids is 1. The smallest absolute Gasteiger partial charge is 0.326 e. The van der Waals surface area contributed by atoms with E-state index in [1.54, 1.807) is 30.5 Å². The number of hydrogen-bond acceptors (Lipinski definition) is 6. The number of H-pyrrole nitrogens is 1. The van der Waals surface area contributed by atoms with Gasteiger partial charge in [0, 0.05) is 29.9 Å². The lowest BCUT2D eigenvalue weighted by Crippen LogP contribution is -2.58. The lowest BCUT2D eigenvalue weighted by molar-refractivity contribution is -0.142. The summed E-state index contributed by atoms with van der Waals surface area (Å²) >= 11 is 0. The van der Waals surface area contributed by atoms with Gasteiger partial charge in [0.25, 0.3) is 0 Å². The number of primary amides is 1. The average Bonchev–Trinajstić information content (AvgIpc) is 3.63. The summed E-state index contributed by atoms with van der Waals surface area (Å²) in [7, 11) is 0. The minimum Gasteiger partial charge on any atom is -0.480 e. The van der Waals surface area contributed by atoms with Gasteiger partial charge in [0.1, 0.15) is 18.1 Å². The highest BCUT2D eigenvalue weighted by Gasteiger charge is 2.32. The Morgan fingerprint density at radius 3 is 2.24 bits per heavy atom. The first-order chi connectivity index (χ1) is 19.7. The molecule has 3 aromatic rings. The molecule has 0 radical (unpaired) electrons. The molecular formula is C29H34N6O6. The van der Waals surface area contributed by atoms with Gasteiger partial charge in [0.05, 0.1) is 12.5 Å². The third-order valence-corrected chi connectivity index (χ3v) is 7.04. The highest BCUT2D eigenvalue weighted by molar-refractivity contribution is 5.96. The van der Waals surface area contributed by atoms with Crippen LogP contribution < -0.4 is 27.0 Å². The summed E-state index contributed by atoms with van der Waals surface area (Å²) < 4.78 is 0. The topological polar surface area (TPSA) is 196 Å². The molecule has 12 nitrogen and oxygen atoms in total. The SMILES string of the molecule is NC(=O)CC(NC(=O)C(Cc1ccccc1)NC(=O)C1CCCN1)C(=O)NC(Cc1c[nH]c2ccccc12)C(=O)O.